The summed E-state index contributed by atoms with van der Waals surface area (Å²) in [6.07, 6.45) is 0. The maximum atomic E-state index is 6.37. The quantitative estimate of drug-likeness (QED) is 0.534. The Hall–Kier alpha value is -1.32. The fraction of sp³-hybridized carbons (Fsp3) is 0.235. The monoisotopic (exact) mass is 362 g/mol. The van der Waals surface area contributed by atoms with Gasteiger partial charge in [0.25, 0.3) is 0 Å². The number of alkyl halides is 1. The number of nitrogens with zero attached hydrogens (tertiary/aromatic N) is 2. The Labute approximate surface area is 137 Å². The first-order valence-corrected chi connectivity index (χ1v) is 8.10. The Kier molecular flexibility index (Phi) is 3.80. The number of aromatic nitrogens is 2. The summed E-state index contributed by atoms with van der Waals surface area (Å²) >= 11 is 9.87. The van der Waals surface area contributed by atoms with Gasteiger partial charge in [-0.3, -0.25) is 4.57 Å². The molecule has 0 bridgehead atoms. The highest BCUT2D eigenvalue weighted by Crippen LogP contribution is 2.31. The molecule has 1 heterocycles. The van der Waals surface area contributed by atoms with Crippen LogP contribution < -0.4 is 0 Å². The van der Waals surface area contributed by atoms with E-state index in [-0.39, 0.29) is 5.38 Å². The third kappa shape index (κ3) is 2.60. The third-order valence-electron chi connectivity index (χ3n) is 3.60. The molecule has 0 radical (unpaired) electrons. The summed E-state index contributed by atoms with van der Waals surface area (Å²) in [5.41, 5.74) is 5.61. The molecule has 3 rings (SSSR count). The molecule has 0 aliphatic heterocycles. The molecule has 2 nitrogen and oxygen atoms in total. The van der Waals surface area contributed by atoms with Crippen molar-refractivity contribution in [1.29, 1.82) is 0 Å². The van der Waals surface area contributed by atoms with Gasteiger partial charge in [0.15, 0.2) is 0 Å². The molecule has 2 aromatic carbocycles. The molecule has 1 atom stereocenters. The van der Waals surface area contributed by atoms with Gasteiger partial charge in [-0.05, 0) is 56.2 Å². The number of benzene rings is 2. The predicted octanol–water partition coefficient (Wildman–Crippen LogP) is 5.70. The number of imidazole rings is 1. The van der Waals surface area contributed by atoms with E-state index >= 15 is 0 Å². The predicted molar refractivity (Wildman–Crippen MR) is 92.5 cm³/mol. The van der Waals surface area contributed by atoms with Crippen molar-refractivity contribution in [1.82, 2.24) is 9.55 Å². The Bertz CT molecular complexity index is 821. The summed E-state index contributed by atoms with van der Waals surface area (Å²) in [4.78, 5) is 4.72. The van der Waals surface area contributed by atoms with E-state index in [1.807, 2.05) is 19.1 Å². The van der Waals surface area contributed by atoms with Gasteiger partial charge >= 0.3 is 0 Å². The Balaban J connectivity index is 2.39. The molecule has 3 aromatic rings. The van der Waals surface area contributed by atoms with Gasteiger partial charge < -0.3 is 0 Å². The Morgan fingerprint density at radius 2 is 1.90 bits per heavy atom. The van der Waals surface area contributed by atoms with Gasteiger partial charge in [0.05, 0.1) is 22.1 Å². The molecule has 0 aliphatic rings. The Morgan fingerprint density at radius 3 is 2.62 bits per heavy atom. The third-order valence-corrected chi connectivity index (χ3v) is 4.29. The number of hydrogen-bond acceptors (Lipinski definition) is 1. The average molecular weight is 364 g/mol. The zero-order chi connectivity index (χ0) is 15.1. The van der Waals surface area contributed by atoms with Crippen molar-refractivity contribution in [3.8, 4) is 5.69 Å². The van der Waals surface area contributed by atoms with Crippen LogP contribution >= 0.6 is 27.5 Å². The second kappa shape index (κ2) is 5.47. The topological polar surface area (TPSA) is 17.8 Å². The van der Waals surface area contributed by atoms with Crippen molar-refractivity contribution in [2.45, 2.75) is 26.1 Å². The molecule has 1 aromatic heterocycles. The minimum absolute atomic E-state index is 0.156. The second-order valence-corrected chi connectivity index (χ2v) is 6.91. The van der Waals surface area contributed by atoms with E-state index < -0.39 is 0 Å². The van der Waals surface area contributed by atoms with Crippen LogP contribution in [-0.4, -0.2) is 9.55 Å². The number of aryl methyl sites for hydroxylation is 2. The Morgan fingerprint density at radius 1 is 1.14 bits per heavy atom. The molecular weight excluding hydrogens is 348 g/mol. The summed E-state index contributed by atoms with van der Waals surface area (Å²) < 4.78 is 3.19. The first-order chi connectivity index (χ1) is 9.97. The minimum atomic E-state index is -0.156. The smallest absolute Gasteiger partial charge is 0.132 e. The molecule has 108 valence electrons. The van der Waals surface area contributed by atoms with Crippen LogP contribution in [0.4, 0.5) is 0 Å². The van der Waals surface area contributed by atoms with Crippen molar-refractivity contribution in [2.75, 3.05) is 0 Å². The highest BCUT2D eigenvalue weighted by Gasteiger charge is 2.17. The maximum Gasteiger partial charge on any atom is 0.132 e. The van der Waals surface area contributed by atoms with Crippen molar-refractivity contribution in [3.05, 3.63) is 57.8 Å². The van der Waals surface area contributed by atoms with E-state index in [1.165, 1.54) is 11.1 Å². The van der Waals surface area contributed by atoms with Crippen LogP contribution in [0.5, 0.6) is 0 Å². The molecule has 4 heteroatoms. The van der Waals surface area contributed by atoms with Crippen LogP contribution in [-0.2, 0) is 0 Å². The summed E-state index contributed by atoms with van der Waals surface area (Å²) in [5.74, 6) is 0.874. The first-order valence-electron chi connectivity index (χ1n) is 6.87. The molecule has 1 unspecified atom stereocenters. The van der Waals surface area contributed by atoms with Gasteiger partial charge in [-0.1, -0.05) is 28.1 Å². The van der Waals surface area contributed by atoms with E-state index in [0.29, 0.717) is 0 Å². The van der Waals surface area contributed by atoms with E-state index in [4.69, 9.17) is 16.6 Å². The van der Waals surface area contributed by atoms with E-state index in [9.17, 15) is 0 Å². The van der Waals surface area contributed by atoms with Gasteiger partial charge in [-0.2, -0.15) is 0 Å². The maximum absolute atomic E-state index is 6.37. The molecule has 0 saturated heterocycles. The second-order valence-electron chi connectivity index (χ2n) is 5.34. The fourth-order valence-electron chi connectivity index (χ4n) is 2.55. The summed E-state index contributed by atoms with van der Waals surface area (Å²) in [6, 6.07) is 12.6. The van der Waals surface area contributed by atoms with Crippen LogP contribution in [0.15, 0.2) is 40.9 Å². The first kappa shape index (κ1) is 14.6. The van der Waals surface area contributed by atoms with E-state index in [0.717, 1.165) is 27.0 Å². The lowest BCUT2D eigenvalue weighted by Crippen LogP contribution is -2.04. The molecule has 0 fully saturated rings. The standard InChI is InChI=1S/C17H16BrClN2/c1-10-4-5-11(2)16(8-10)21-15-7-6-13(18)9-14(15)20-17(21)12(3)19/h4-9,12H,1-3H3. The van der Waals surface area contributed by atoms with Gasteiger partial charge in [0, 0.05) is 4.47 Å². The number of halogens is 2. The van der Waals surface area contributed by atoms with E-state index in [2.05, 4.69) is 58.6 Å². The normalized spacial score (nSPS) is 12.8. The lowest BCUT2D eigenvalue weighted by Gasteiger charge is -2.14. The van der Waals surface area contributed by atoms with Crippen molar-refractivity contribution >= 4 is 38.6 Å². The summed E-state index contributed by atoms with van der Waals surface area (Å²) in [6.45, 7) is 6.17. The largest absolute Gasteiger partial charge is 0.295 e. The van der Waals surface area contributed by atoms with Gasteiger partial charge in [-0.25, -0.2) is 4.98 Å². The van der Waals surface area contributed by atoms with Crippen molar-refractivity contribution in [3.63, 3.8) is 0 Å². The summed E-state index contributed by atoms with van der Waals surface area (Å²) in [5, 5.41) is -0.156. The zero-order valence-corrected chi connectivity index (χ0v) is 14.5. The van der Waals surface area contributed by atoms with Crippen molar-refractivity contribution in [2.24, 2.45) is 0 Å². The van der Waals surface area contributed by atoms with Crippen LogP contribution in [0.2, 0.25) is 0 Å². The summed E-state index contributed by atoms with van der Waals surface area (Å²) in [7, 11) is 0. The van der Waals surface area contributed by atoms with Crippen molar-refractivity contribution < 1.29 is 0 Å². The SMILES string of the molecule is Cc1ccc(C)c(-n2c(C(C)Cl)nc3cc(Br)ccc32)c1. The number of rotatable bonds is 2. The minimum Gasteiger partial charge on any atom is -0.295 e. The molecular formula is C17H16BrClN2. The highest BCUT2D eigenvalue weighted by atomic mass is 79.9. The van der Waals surface area contributed by atoms with Crippen LogP contribution in [0, 0.1) is 13.8 Å². The highest BCUT2D eigenvalue weighted by molar-refractivity contribution is 9.10. The van der Waals surface area contributed by atoms with Gasteiger partial charge in [0.1, 0.15) is 5.82 Å². The molecule has 0 spiro atoms. The molecule has 0 saturated carbocycles. The zero-order valence-electron chi connectivity index (χ0n) is 12.2. The van der Waals surface area contributed by atoms with Crippen LogP contribution in [0.3, 0.4) is 0 Å². The van der Waals surface area contributed by atoms with Gasteiger partial charge in [0.2, 0.25) is 0 Å². The van der Waals surface area contributed by atoms with Crippen LogP contribution in [0.1, 0.15) is 29.3 Å². The molecule has 0 amide bonds. The molecule has 21 heavy (non-hydrogen) atoms. The fourth-order valence-corrected chi connectivity index (χ4v) is 3.05. The lowest BCUT2D eigenvalue weighted by atomic mass is 10.1. The van der Waals surface area contributed by atoms with E-state index in [1.54, 1.807) is 0 Å². The van der Waals surface area contributed by atoms with Crippen LogP contribution in [0.25, 0.3) is 16.7 Å². The molecule has 0 N–H and O–H groups in total. The van der Waals surface area contributed by atoms with Gasteiger partial charge in [-0.15, -0.1) is 11.6 Å². The number of hydrogen-bond donors (Lipinski definition) is 0. The molecule has 0 aliphatic carbocycles. The lowest BCUT2D eigenvalue weighted by molar-refractivity contribution is 0.877. The average Bonchev–Trinajstić information content (AvgIpc) is 2.80. The number of fused-ring (bicyclic) bond motifs is 1.